The van der Waals surface area contributed by atoms with Crippen LogP contribution in [-0.2, 0) is 0 Å². The molecule has 0 aliphatic carbocycles. The minimum atomic E-state index is 0.931. The molecule has 0 aliphatic rings. The minimum absolute atomic E-state index is 0.931. The largest absolute Gasteiger partial charge is 0.456 e. The van der Waals surface area contributed by atoms with Gasteiger partial charge in [0.15, 0.2) is 0 Å². The first-order chi connectivity index (χ1) is 12.8. The molecule has 0 amide bonds. The van der Waals surface area contributed by atoms with Crippen LogP contribution >= 0.6 is 0 Å². The summed E-state index contributed by atoms with van der Waals surface area (Å²) in [5.74, 6) is 0.931. The molecular formula is C25H16O. The first-order valence-electron chi connectivity index (χ1n) is 8.96. The Bertz CT molecular complexity index is 1400. The number of aryl methyl sites for hydroxylation is 1. The fraction of sp³-hybridized carbons (Fsp3) is 0.0400. The van der Waals surface area contributed by atoms with E-state index in [4.69, 9.17) is 4.42 Å². The molecule has 1 aromatic heterocycles. The molecule has 122 valence electrons. The van der Waals surface area contributed by atoms with E-state index in [0.29, 0.717) is 0 Å². The van der Waals surface area contributed by atoms with Crippen molar-refractivity contribution in [2.75, 3.05) is 0 Å². The van der Waals surface area contributed by atoms with Crippen molar-refractivity contribution in [3.05, 3.63) is 84.4 Å². The van der Waals surface area contributed by atoms with Crippen LogP contribution in [-0.4, -0.2) is 0 Å². The third kappa shape index (κ3) is 1.75. The molecule has 0 spiro atoms. The Morgan fingerprint density at radius 1 is 0.615 bits per heavy atom. The average Bonchev–Trinajstić information content (AvgIpc) is 3.11. The molecule has 1 heteroatoms. The minimum Gasteiger partial charge on any atom is -0.456 e. The summed E-state index contributed by atoms with van der Waals surface area (Å²) in [6.07, 6.45) is 0. The van der Waals surface area contributed by atoms with Crippen molar-refractivity contribution in [2.45, 2.75) is 6.92 Å². The summed E-state index contributed by atoms with van der Waals surface area (Å²) in [7, 11) is 0. The molecule has 5 aromatic carbocycles. The van der Waals surface area contributed by atoms with Gasteiger partial charge in [0.1, 0.15) is 11.3 Å². The Morgan fingerprint density at radius 3 is 2.15 bits per heavy atom. The van der Waals surface area contributed by atoms with E-state index in [2.05, 4.69) is 73.7 Å². The smallest absolute Gasteiger partial charge is 0.136 e. The van der Waals surface area contributed by atoms with Gasteiger partial charge in [0.25, 0.3) is 0 Å². The number of hydrogen-bond donors (Lipinski definition) is 0. The first kappa shape index (κ1) is 13.9. The van der Waals surface area contributed by atoms with Crippen LogP contribution in [0.25, 0.3) is 54.6 Å². The fourth-order valence-corrected chi connectivity index (χ4v) is 4.28. The van der Waals surface area contributed by atoms with Crippen LogP contribution in [0, 0.1) is 6.92 Å². The van der Waals surface area contributed by atoms with E-state index in [0.717, 1.165) is 22.3 Å². The van der Waals surface area contributed by atoms with Gasteiger partial charge >= 0.3 is 0 Å². The molecule has 1 heterocycles. The molecule has 26 heavy (non-hydrogen) atoms. The molecule has 0 unspecified atom stereocenters. The normalized spacial score (nSPS) is 12.0. The zero-order valence-electron chi connectivity index (χ0n) is 14.4. The van der Waals surface area contributed by atoms with E-state index in [9.17, 15) is 0 Å². The quantitative estimate of drug-likeness (QED) is 0.288. The zero-order valence-corrected chi connectivity index (χ0v) is 14.4. The van der Waals surface area contributed by atoms with Gasteiger partial charge in [-0.05, 0) is 63.0 Å². The second-order valence-corrected chi connectivity index (χ2v) is 7.07. The summed E-state index contributed by atoms with van der Waals surface area (Å²) in [5.41, 5.74) is 3.41. The zero-order chi connectivity index (χ0) is 17.3. The van der Waals surface area contributed by atoms with Gasteiger partial charge < -0.3 is 4.42 Å². The highest BCUT2D eigenvalue weighted by Crippen LogP contribution is 2.41. The maximum atomic E-state index is 6.17. The third-order valence-corrected chi connectivity index (χ3v) is 5.57. The molecule has 1 nitrogen and oxygen atoms in total. The van der Waals surface area contributed by atoms with Crippen molar-refractivity contribution in [2.24, 2.45) is 0 Å². The topological polar surface area (TPSA) is 13.1 Å². The highest BCUT2D eigenvalue weighted by atomic mass is 16.3. The van der Waals surface area contributed by atoms with Crippen molar-refractivity contribution in [1.82, 2.24) is 0 Å². The molecule has 0 aliphatic heterocycles. The predicted molar refractivity (Wildman–Crippen MR) is 110 cm³/mol. The highest BCUT2D eigenvalue weighted by molar-refractivity contribution is 6.25. The van der Waals surface area contributed by atoms with Gasteiger partial charge in [-0.2, -0.15) is 0 Å². The summed E-state index contributed by atoms with van der Waals surface area (Å²) in [4.78, 5) is 0. The standard InChI is InChI=1S/C25H16O/c1-15-6-7-16-10-13-21-20(23-14-18-4-2-3-5-22(18)26-23)12-9-17-8-11-19(15)24(16)25(17)21/h2-14H,1H3. The van der Waals surface area contributed by atoms with Gasteiger partial charge in [0.05, 0.1) is 0 Å². The van der Waals surface area contributed by atoms with Gasteiger partial charge in [-0.1, -0.05) is 60.7 Å². The van der Waals surface area contributed by atoms with Crippen LogP contribution in [0.2, 0.25) is 0 Å². The Morgan fingerprint density at radius 2 is 1.31 bits per heavy atom. The number of fused-ring (bicyclic) bond motifs is 1. The van der Waals surface area contributed by atoms with Crippen molar-refractivity contribution in [1.29, 1.82) is 0 Å². The summed E-state index contributed by atoms with van der Waals surface area (Å²) < 4.78 is 6.17. The average molecular weight is 332 g/mol. The van der Waals surface area contributed by atoms with Crippen LogP contribution in [0.5, 0.6) is 0 Å². The van der Waals surface area contributed by atoms with Gasteiger partial charge in [-0.15, -0.1) is 0 Å². The van der Waals surface area contributed by atoms with Gasteiger partial charge in [-0.3, -0.25) is 0 Å². The Labute approximate surface area is 150 Å². The molecule has 0 saturated heterocycles. The molecule has 0 bridgehead atoms. The Kier molecular flexibility index (Phi) is 2.60. The monoisotopic (exact) mass is 332 g/mol. The maximum Gasteiger partial charge on any atom is 0.136 e. The second-order valence-electron chi connectivity index (χ2n) is 7.07. The number of para-hydroxylation sites is 1. The lowest BCUT2D eigenvalue weighted by molar-refractivity contribution is 0.632. The first-order valence-corrected chi connectivity index (χ1v) is 8.96. The van der Waals surface area contributed by atoms with Crippen molar-refractivity contribution in [3.63, 3.8) is 0 Å². The fourth-order valence-electron chi connectivity index (χ4n) is 4.28. The molecule has 6 aromatic rings. The van der Waals surface area contributed by atoms with Crippen LogP contribution in [0.4, 0.5) is 0 Å². The number of furan rings is 1. The van der Waals surface area contributed by atoms with Crippen molar-refractivity contribution < 1.29 is 4.42 Å². The lowest BCUT2D eigenvalue weighted by atomic mass is 9.90. The number of benzene rings is 5. The predicted octanol–water partition coefficient (Wildman–Crippen LogP) is 7.31. The van der Waals surface area contributed by atoms with E-state index >= 15 is 0 Å². The molecule has 0 saturated carbocycles. The summed E-state index contributed by atoms with van der Waals surface area (Å²) in [5, 5.41) is 9.00. The van der Waals surface area contributed by atoms with Crippen LogP contribution in [0.3, 0.4) is 0 Å². The summed E-state index contributed by atoms with van der Waals surface area (Å²) >= 11 is 0. The van der Waals surface area contributed by atoms with Crippen LogP contribution in [0.1, 0.15) is 5.56 Å². The van der Waals surface area contributed by atoms with Gasteiger partial charge in [0, 0.05) is 10.9 Å². The maximum absolute atomic E-state index is 6.17. The van der Waals surface area contributed by atoms with E-state index in [1.807, 2.05) is 12.1 Å². The lowest BCUT2D eigenvalue weighted by Gasteiger charge is -2.14. The lowest BCUT2D eigenvalue weighted by Crippen LogP contribution is -1.88. The van der Waals surface area contributed by atoms with Gasteiger partial charge in [0.2, 0.25) is 0 Å². The molecule has 0 fully saturated rings. The molecular weight excluding hydrogens is 316 g/mol. The third-order valence-electron chi connectivity index (χ3n) is 5.57. The van der Waals surface area contributed by atoms with Crippen molar-refractivity contribution in [3.8, 4) is 11.3 Å². The summed E-state index contributed by atoms with van der Waals surface area (Å²) in [6, 6.07) is 28.1. The summed E-state index contributed by atoms with van der Waals surface area (Å²) in [6.45, 7) is 2.19. The van der Waals surface area contributed by atoms with E-state index in [1.165, 1.54) is 37.9 Å². The highest BCUT2D eigenvalue weighted by Gasteiger charge is 2.15. The van der Waals surface area contributed by atoms with Crippen LogP contribution in [0.15, 0.2) is 83.3 Å². The molecule has 6 rings (SSSR count). The van der Waals surface area contributed by atoms with Crippen LogP contribution < -0.4 is 0 Å². The number of hydrogen-bond acceptors (Lipinski definition) is 1. The SMILES string of the molecule is Cc1ccc2ccc3c(-c4cc5ccccc5o4)ccc4ccc1c2c43. The van der Waals surface area contributed by atoms with E-state index < -0.39 is 0 Å². The van der Waals surface area contributed by atoms with E-state index in [1.54, 1.807) is 0 Å². The van der Waals surface area contributed by atoms with Crippen molar-refractivity contribution >= 4 is 43.3 Å². The second kappa shape index (κ2) is 4.86. The van der Waals surface area contributed by atoms with Gasteiger partial charge in [-0.25, -0.2) is 0 Å². The molecule has 0 N–H and O–H groups in total. The van der Waals surface area contributed by atoms with E-state index in [-0.39, 0.29) is 0 Å². The molecule has 0 radical (unpaired) electrons. The number of rotatable bonds is 1. The Balaban J connectivity index is 1.78. The Hall–Kier alpha value is -3.32. The molecule has 0 atom stereocenters.